The van der Waals surface area contributed by atoms with E-state index in [-0.39, 0.29) is 5.82 Å². The van der Waals surface area contributed by atoms with Gasteiger partial charge in [-0.15, -0.1) is 0 Å². The highest BCUT2D eigenvalue weighted by Gasteiger charge is 2.15. The predicted molar refractivity (Wildman–Crippen MR) is 127 cm³/mol. The number of nitrogens with zero attached hydrogens (tertiary/aromatic N) is 3. The van der Waals surface area contributed by atoms with Gasteiger partial charge in [0.05, 0.1) is 22.9 Å². The highest BCUT2D eigenvalue weighted by atomic mass is 19.1. The van der Waals surface area contributed by atoms with Gasteiger partial charge in [-0.3, -0.25) is 4.98 Å². The summed E-state index contributed by atoms with van der Waals surface area (Å²) < 4.78 is 15.4. The Bertz CT molecular complexity index is 1550. The number of halogens is 1. The number of aromatic nitrogens is 3. The molecule has 0 radical (unpaired) electrons. The van der Waals surface area contributed by atoms with Gasteiger partial charge < -0.3 is 0 Å². The Hall–Kier alpha value is -4.31. The van der Waals surface area contributed by atoms with Crippen LogP contribution in [0.5, 0.6) is 0 Å². The number of pyridine rings is 1. The molecule has 2 heterocycles. The second kappa shape index (κ2) is 7.43. The molecule has 152 valence electrons. The molecule has 4 aromatic carbocycles. The van der Waals surface area contributed by atoms with E-state index in [2.05, 4.69) is 41.5 Å². The molecule has 3 nitrogen and oxygen atoms in total. The van der Waals surface area contributed by atoms with E-state index in [0.717, 1.165) is 49.7 Å². The van der Waals surface area contributed by atoms with E-state index >= 15 is 0 Å². The van der Waals surface area contributed by atoms with Crippen molar-refractivity contribution < 1.29 is 4.39 Å². The molecule has 0 unspecified atom stereocenters. The van der Waals surface area contributed by atoms with Crippen LogP contribution in [-0.2, 0) is 0 Å². The molecule has 0 saturated carbocycles. The van der Waals surface area contributed by atoms with Gasteiger partial charge >= 0.3 is 0 Å². The summed E-state index contributed by atoms with van der Waals surface area (Å²) in [6.07, 6.45) is 3.67. The van der Waals surface area contributed by atoms with Gasteiger partial charge in [0.1, 0.15) is 5.82 Å². The van der Waals surface area contributed by atoms with Crippen LogP contribution in [0.2, 0.25) is 0 Å². The van der Waals surface area contributed by atoms with Crippen LogP contribution in [-0.4, -0.2) is 14.8 Å². The second-order valence-corrected chi connectivity index (χ2v) is 7.75. The first kappa shape index (κ1) is 18.5. The quantitative estimate of drug-likeness (QED) is 0.310. The lowest BCUT2D eigenvalue weighted by Gasteiger charge is -2.13. The Morgan fingerprint density at radius 3 is 2.06 bits per heavy atom. The molecule has 0 aliphatic heterocycles. The Morgan fingerprint density at radius 1 is 0.656 bits per heavy atom. The first-order chi connectivity index (χ1) is 15.8. The van der Waals surface area contributed by atoms with Crippen molar-refractivity contribution in [3.63, 3.8) is 0 Å². The molecule has 0 fully saturated rings. The van der Waals surface area contributed by atoms with Crippen LogP contribution in [0.15, 0.2) is 109 Å². The molecule has 6 rings (SSSR count). The summed E-state index contributed by atoms with van der Waals surface area (Å²) in [7, 11) is 0. The van der Waals surface area contributed by atoms with E-state index in [0.29, 0.717) is 0 Å². The zero-order valence-electron chi connectivity index (χ0n) is 17.1. The van der Waals surface area contributed by atoms with Crippen molar-refractivity contribution in [1.82, 2.24) is 14.8 Å². The van der Waals surface area contributed by atoms with Gasteiger partial charge in [-0.2, -0.15) is 5.10 Å². The second-order valence-electron chi connectivity index (χ2n) is 7.75. The summed E-state index contributed by atoms with van der Waals surface area (Å²) in [5, 5.41) is 6.54. The van der Waals surface area contributed by atoms with E-state index in [1.807, 2.05) is 53.5 Å². The third-order valence-electron chi connectivity index (χ3n) is 5.76. The SMILES string of the molecule is Fc1ccc(-n2ncc3cnc4c(-c5ccccc5)cc(-c5ccccc5)cc4c32)cc1. The number of fused-ring (bicyclic) bond motifs is 3. The molecule has 0 saturated heterocycles. The Labute approximate surface area is 184 Å². The van der Waals surface area contributed by atoms with Crippen molar-refractivity contribution in [3.8, 4) is 27.9 Å². The summed E-state index contributed by atoms with van der Waals surface area (Å²) in [6.45, 7) is 0. The van der Waals surface area contributed by atoms with E-state index in [1.54, 1.807) is 12.1 Å². The highest BCUT2D eigenvalue weighted by Crippen LogP contribution is 2.36. The Kier molecular flexibility index (Phi) is 4.29. The van der Waals surface area contributed by atoms with Crippen LogP contribution >= 0.6 is 0 Å². The Balaban J connectivity index is 1.72. The number of hydrogen-bond donors (Lipinski definition) is 0. The van der Waals surface area contributed by atoms with Crippen LogP contribution in [0.3, 0.4) is 0 Å². The Morgan fingerprint density at radius 2 is 1.34 bits per heavy atom. The van der Waals surface area contributed by atoms with Gasteiger partial charge in [-0.25, -0.2) is 9.07 Å². The lowest BCUT2D eigenvalue weighted by atomic mass is 9.95. The summed E-state index contributed by atoms with van der Waals surface area (Å²) in [5.41, 5.74) is 7.09. The average Bonchev–Trinajstić information content (AvgIpc) is 3.30. The smallest absolute Gasteiger partial charge is 0.123 e. The first-order valence-electron chi connectivity index (χ1n) is 10.5. The van der Waals surface area contributed by atoms with Crippen LogP contribution in [0.1, 0.15) is 0 Å². The maximum absolute atomic E-state index is 13.5. The molecular formula is C28H18FN3. The number of hydrogen-bond acceptors (Lipinski definition) is 2. The summed E-state index contributed by atoms with van der Waals surface area (Å²) >= 11 is 0. The van der Waals surface area contributed by atoms with Crippen molar-refractivity contribution in [2.24, 2.45) is 0 Å². The highest BCUT2D eigenvalue weighted by molar-refractivity contribution is 6.10. The van der Waals surface area contributed by atoms with Gasteiger partial charge in [0.25, 0.3) is 0 Å². The topological polar surface area (TPSA) is 30.7 Å². The van der Waals surface area contributed by atoms with Crippen molar-refractivity contribution in [2.75, 3.05) is 0 Å². The van der Waals surface area contributed by atoms with E-state index in [9.17, 15) is 4.39 Å². The molecular weight excluding hydrogens is 397 g/mol. The van der Waals surface area contributed by atoms with Gasteiger partial charge in [0, 0.05) is 22.5 Å². The van der Waals surface area contributed by atoms with Gasteiger partial charge in [-0.1, -0.05) is 60.7 Å². The monoisotopic (exact) mass is 415 g/mol. The third kappa shape index (κ3) is 3.05. The number of rotatable bonds is 3. The standard InChI is InChI=1S/C28H18FN3/c29-23-11-13-24(14-12-23)32-28-22(18-31-32)17-30-27-25(20-9-5-2-6-10-20)15-21(16-26(27)28)19-7-3-1-4-8-19/h1-18H. The fourth-order valence-electron chi connectivity index (χ4n) is 4.23. The maximum atomic E-state index is 13.5. The molecule has 32 heavy (non-hydrogen) atoms. The molecule has 0 amide bonds. The minimum absolute atomic E-state index is 0.269. The van der Waals surface area contributed by atoms with E-state index in [4.69, 9.17) is 4.98 Å². The lowest BCUT2D eigenvalue weighted by molar-refractivity contribution is 0.627. The summed E-state index contributed by atoms with van der Waals surface area (Å²) in [6, 6.07) is 31.4. The molecule has 0 aliphatic rings. The van der Waals surface area contributed by atoms with Crippen molar-refractivity contribution >= 4 is 21.8 Å². The average molecular weight is 415 g/mol. The normalized spacial score (nSPS) is 11.3. The van der Waals surface area contributed by atoms with Crippen molar-refractivity contribution in [2.45, 2.75) is 0 Å². The molecule has 0 atom stereocenters. The molecule has 0 spiro atoms. The van der Waals surface area contributed by atoms with Crippen molar-refractivity contribution in [3.05, 3.63) is 115 Å². The van der Waals surface area contributed by atoms with Gasteiger partial charge in [0.15, 0.2) is 0 Å². The largest absolute Gasteiger partial charge is 0.255 e. The van der Waals surface area contributed by atoms with Crippen LogP contribution in [0.25, 0.3) is 49.7 Å². The molecule has 0 bridgehead atoms. The zero-order valence-corrected chi connectivity index (χ0v) is 17.1. The molecule has 0 N–H and O–H groups in total. The minimum Gasteiger partial charge on any atom is -0.255 e. The van der Waals surface area contributed by atoms with Crippen LogP contribution < -0.4 is 0 Å². The molecule has 6 aromatic rings. The van der Waals surface area contributed by atoms with Crippen LogP contribution in [0, 0.1) is 5.82 Å². The van der Waals surface area contributed by atoms with Gasteiger partial charge in [0.2, 0.25) is 0 Å². The number of benzene rings is 4. The fraction of sp³-hybridized carbons (Fsp3) is 0. The molecule has 0 aliphatic carbocycles. The predicted octanol–water partition coefficient (Wildman–Crippen LogP) is 7.05. The van der Waals surface area contributed by atoms with Gasteiger partial charge in [-0.05, 0) is 53.1 Å². The molecule has 2 aromatic heterocycles. The van der Waals surface area contributed by atoms with Crippen molar-refractivity contribution in [1.29, 1.82) is 0 Å². The summed E-state index contributed by atoms with van der Waals surface area (Å²) in [5.74, 6) is -0.269. The molecule has 4 heteroatoms. The summed E-state index contributed by atoms with van der Waals surface area (Å²) in [4.78, 5) is 4.83. The van der Waals surface area contributed by atoms with Crippen LogP contribution in [0.4, 0.5) is 4.39 Å². The maximum Gasteiger partial charge on any atom is 0.123 e. The van der Waals surface area contributed by atoms with E-state index in [1.165, 1.54) is 12.1 Å². The third-order valence-corrected chi connectivity index (χ3v) is 5.76. The minimum atomic E-state index is -0.269. The fourth-order valence-corrected chi connectivity index (χ4v) is 4.23. The first-order valence-corrected chi connectivity index (χ1v) is 10.5. The van der Waals surface area contributed by atoms with E-state index < -0.39 is 0 Å². The lowest BCUT2D eigenvalue weighted by Crippen LogP contribution is -1.98. The zero-order chi connectivity index (χ0) is 21.5.